The van der Waals surface area contributed by atoms with Crippen LogP contribution in [0.2, 0.25) is 0 Å². The molecular formula is C24H22FNO4S. The highest BCUT2D eigenvalue weighted by molar-refractivity contribution is 7.87. The minimum absolute atomic E-state index is 0.0484. The summed E-state index contributed by atoms with van der Waals surface area (Å²) in [6.45, 7) is 2.32. The van der Waals surface area contributed by atoms with Gasteiger partial charge in [0, 0.05) is 18.2 Å². The van der Waals surface area contributed by atoms with Gasteiger partial charge in [0.25, 0.3) is 5.91 Å². The minimum atomic E-state index is -4.09. The smallest absolute Gasteiger partial charge is 0.339 e. The van der Waals surface area contributed by atoms with Crippen LogP contribution in [0.1, 0.15) is 34.3 Å². The predicted molar refractivity (Wildman–Crippen MR) is 115 cm³/mol. The van der Waals surface area contributed by atoms with Gasteiger partial charge in [-0.2, -0.15) is 8.42 Å². The summed E-state index contributed by atoms with van der Waals surface area (Å²) in [4.78, 5) is 14.7. The van der Waals surface area contributed by atoms with Crippen LogP contribution >= 0.6 is 0 Å². The number of carbonyl (C=O) groups excluding carboxylic acids is 1. The van der Waals surface area contributed by atoms with E-state index >= 15 is 0 Å². The molecule has 4 rings (SSSR count). The zero-order valence-electron chi connectivity index (χ0n) is 17.0. The van der Waals surface area contributed by atoms with Crippen molar-refractivity contribution in [2.45, 2.75) is 37.2 Å². The standard InChI is InChI=1S/C24H22FNO4S/c1-17-5-7-19(8-6-17)24(27)26(21-11-12-21)16-18-3-2-4-22(15-18)30-31(28,29)23-13-9-20(25)10-14-23/h2-10,13-15,21H,11-12,16H2,1H3. The Morgan fingerprint density at radius 3 is 2.35 bits per heavy atom. The second-order valence-corrected chi connectivity index (χ2v) is 9.22. The normalized spacial score (nSPS) is 13.6. The molecule has 1 amide bonds. The van der Waals surface area contributed by atoms with Crippen molar-refractivity contribution in [3.8, 4) is 5.75 Å². The molecule has 0 aromatic heterocycles. The van der Waals surface area contributed by atoms with Crippen molar-refractivity contribution < 1.29 is 21.8 Å². The summed E-state index contributed by atoms with van der Waals surface area (Å²) in [6.07, 6.45) is 1.90. The van der Waals surface area contributed by atoms with Crippen LogP contribution in [0, 0.1) is 12.7 Å². The highest BCUT2D eigenvalue weighted by Gasteiger charge is 2.33. The van der Waals surface area contributed by atoms with E-state index in [0.29, 0.717) is 12.1 Å². The number of rotatable bonds is 7. The fourth-order valence-electron chi connectivity index (χ4n) is 3.28. The Morgan fingerprint density at radius 2 is 1.71 bits per heavy atom. The Bertz CT molecular complexity index is 1190. The molecule has 160 valence electrons. The van der Waals surface area contributed by atoms with Crippen LogP contribution in [0.5, 0.6) is 5.75 Å². The average Bonchev–Trinajstić information content (AvgIpc) is 3.58. The van der Waals surface area contributed by atoms with Crippen molar-refractivity contribution in [2.75, 3.05) is 0 Å². The third-order valence-electron chi connectivity index (χ3n) is 5.11. The SMILES string of the molecule is Cc1ccc(C(=O)N(Cc2cccc(OS(=O)(=O)c3ccc(F)cc3)c2)C2CC2)cc1. The van der Waals surface area contributed by atoms with Crippen molar-refractivity contribution >= 4 is 16.0 Å². The van der Waals surface area contributed by atoms with Crippen molar-refractivity contribution in [2.24, 2.45) is 0 Å². The quantitative estimate of drug-likeness (QED) is 0.501. The molecule has 3 aromatic carbocycles. The van der Waals surface area contributed by atoms with Crippen LogP contribution in [-0.2, 0) is 16.7 Å². The van der Waals surface area contributed by atoms with Gasteiger partial charge in [-0.25, -0.2) is 4.39 Å². The van der Waals surface area contributed by atoms with Crippen LogP contribution in [0.15, 0.2) is 77.7 Å². The first kappa shape index (κ1) is 21.1. The maximum absolute atomic E-state index is 13.1. The summed E-state index contributed by atoms with van der Waals surface area (Å²) in [5.41, 5.74) is 2.48. The van der Waals surface area contributed by atoms with E-state index in [4.69, 9.17) is 4.18 Å². The monoisotopic (exact) mass is 439 g/mol. The van der Waals surface area contributed by atoms with Crippen molar-refractivity contribution in [1.29, 1.82) is 0 Å². The van der Waals surface area contributed by atoms with E-state index in [9.17, 15) is 17.6 Å². The molecule has 0 aliphatic heterocycles. The molecule has 1 fully saturated rings. The first-order chi connectivity index (χ1) is 14.8. The van der Waals surface area contributed by atoms with Crippen LogP contribution in [0.3, 0.4) is 0 Å². The highest BCUT2D eigenvalue weighted by Crippen LogP contribution is 2.31. The summed E-state index contributed by atoms with van der Waals surface area (Å²) in [5.74, 6) is -0.438. The minimum Gasteiger partial charge on any atom is -0.379 e. The van der Waals surface area contributed by atoms with E-state index < -0.39 is 15.9 Å². The van der Waals surface area contributed by atoms with Gasteiger partial charge >= 0.3 is 10.1 Å². The number of amides is 1. The van der Waals surface area contributed by atoms with Gasteiger partial charge in [0.1, 0.15) is 16.5 Å². The lowest BCUT2D eigenvalue weighted by Gasteiger charge is -2.23. The summed E-state index contributed by atoms with van der Waals surface area (Å²) < 4.78 is 43.3. The van der Waals surface area contributed by atoms with Crippen molar-refractivity contribution in [3.05, 3.63) is 95.3 Å². The lowest BCUT2D eigenvalue weighted by atomic mass is 10.1. The summed E-state index contributed by atoms with van der Waals surface area (Å²) >= 11 is 0. The molecule has 5 nitrogen and oxygen atoms in total. The van der Waals surface area contributed by atoms with Gasteiger partial charge < -0.3 is 9.08 Å². The summed E-state index contributed by atoms with van der Waals surface area (Å²) in [7, 11) is -4.09. The Labute approximate surface area is 181 Å². The van der Waals surface area contributed by atoms with E-state index in [1.165, 1.54) is 6.07 Å². The Kier molecular flexibility index (Phi) is 5.78. The van der Waals surface area contributed by atoms with Gasteiger partial charge in [-0.1, -0.05) is 29.8 Å². The Morgan fingerprint density at radius 1 is 1.03 bits per heavy atom. The maximum atomic E-state index is 13.1. The molecular weight excluding hydrogens is 417 g/mol. The molecule has 0 N–H and O–H groups in total. The van der Waals surface area contributed by atoms with Gasteiger partial charge in [0.2, 0.25) is 0 Å². The molecule has 1 aliphatic rings. The molecule has 0 spiro atoms. The Balaban J connectivity index is 1.52. The lowest BCUT2D eigenvalue weighted by Crippen LogP contribution is -2.32. The average molecular weight is 440 g/mol. The molecule has 0 saturated heterocycles. The number of aryl methyl sites for hydroxylation is 1. The van der Waals surface area contributed by atoms with Crippen LogP contribution in [0.25, 0.3) is 0 Å². The van der Waals surface area contributed by atoms with Crippen molar-refractivity contribution in [3.63, 3.8) is 0 Å². The van der Waals surface area contributed by atoms with Gasteiger partial charge in [0.15, 0.2) is 0 Å². The van der Waals surface area contributed by atoms with Crippen LogP contribution < -0.4 is 4.18 Å². The largest absolute Gasteiger partial charge is 0.379 e. The molecule has 1 aliphatic carbocycles. The first-order valence-electron chi connectivity index (χ1n) is 9.98. The summed E-state index contributed by atoms with van der Waals surface area (Å²) in [6, 6.07) is 18.8. The van der Waals surface area contributed by atoms with Gasteiger partial charge in [-0.15, -0.1) is 0 Å². The number of halogens is 1. The molecule has 0 heterocycles. The van der Waals surface area contributed by atoms with E-state index in [1.54, 1.807) is 12.1 Å². The van der Waals surface area contributed by atoms with E-state index in [1.807, 2.05) is 42.2 Å². The second kappa shape index (κ2) is 8.51. The second-order valence-electron chi connectivity index (χ2n) is 7.67. The molecule has 0 bridgehead atoms. The van der Waals surface area contributed by atoms with E-state index in [-0.39, 0.29) is 22.6 Å². The van der Waals surface area contributed by atoms with Gasteiger partial charge in [-0.05, 0) is 73.9 Å². The van der Waals surface area contributed by atoms with Crippen molar-refractivity contribution in [1.82, 2.24) is 4.90 Å². The molecule has 0 unspecified atom stereocenters. The number of hydrogen-bond acceptors (Lipinski definition) is 4. The van der Waals surface area contributed by atoms with Gasteiger partial charge in [-0.3, -0.25) is 4.79 Å². The molecule has 3 aromatic rings. The van der Waals surface area contributed by atoms with Gasteiger partial charge in [0.05, 0.1) is 0 Å². The molecule has 0 radical (unpaired) electrons. The first-order valence-corrected chi connectivity index (χ1v) is 11.4. The summed E-state index contributed by atoms with van der Waals surface area (Å²) in [5, 5.41) is 0. The zero-order valence-corrected chi connectivity index (χ0v) is 17.8. The van der Waals surface area contributed by atoms with Crippen LogP contribution in [-0.4, -0.2) is 25.3 Å². The predicted octanol–water partition coefficient (Wildman–Crippen LogP) is 4.71. The Hall–Kier alpha value is -3.19. The molecule has 1 saturated carbocycles. The number of hydrogen-bond donors (Lipinski definition) is 0. The van der Waals surface area contributed by atoms with Crippen LogP contribution in [0.4, 0.5) is 4.39 Å². The molecule has 7 heteroatoms. The van der Waals surface area contributed by atoms with E-state index in [2.05, 4.69) is 0 Å². The third-order valence-corrected chi connectivity index (χ3v) is 6.37. The third kappa shape index (κ3) is 5.11. The fourth-order valence-corrected chi connectivity index (χ4v) is 4.21. The maximum Gasteiger partial charge on any atom is 0.339 e. The number of nitrogens with zero attached hydrogens (tertiary/aromatic N) is 1. The topological polar surface area (TPSA) is 63.7 Å². The molecule has 31 heavy (non-hydrogen) atoms. The zero-order chi connectivity index (χ0) is 22.0. The lowest BCUT2D eigenvalue weighted by molar-refractivity contribution is 0.0729. The fraction of sp³-hybridized carbons (Fsp3) is 0.208. The molecule has 0 atom stereocenters. The number of benzene rings is 3. The van der Waals surface area contributed by atoms with E-state index in [0.717, 1.165) is 48.2 Å². The number of carbonyl (C=O) groups is 1. The highest BCUT2D eigenvalue weighted by atomic mass is 32.2.